The normalized spacial score (nSPS) is 22.8. The van der Waals surface area contributed by atoms with Gasteiger partial charge in [-0.15, -0.1) is 0 Å². The van der Waals surface area contributed by atoms with E-state index in [1.54, 1.807) is 4.90 Å². The van der Waals surface area contributed by atoms with Crippen LogP contribution < -0.4 is 5.73 Å². The summed E-state index contributed by atoms with van der Waals surface area (Å²) in [6.07, 6.45) is 7.67. The maximum atomic E-state index is 14.5. The summed E-state index contributed by atoms with van der Waals surface area (Å²) in [5.74, 6) is -0.918. The lowest BCUT2D eigenvalue weighted by Gasteiger charge is -2.50. The zero-order chi connectivity index (χ0) is 26.1. The quantitative estimate of drug-likeness (QED) is 0.427. The minimum Gasteiger partial charge on any atom is -0.388 e. The van der Waals surface area contributed by atoms with E-state index in [9.17, 15) is 19.8 Å². The van der Waals surface area contributed by atoms with Crippen molar-refractivity contribution in [3.05, 3.63) is 71.8 Å². The Labute approximate surface area is 219 Å². The highest BCUT2D eigenvalue weighted by molar-refractivity contribution is 6.07. The second-order valence-corrected chi connectivity index (χ2v) is 11.7. The third-order valence-electron chi connectivity index (χ3n) is 9.26. The Balaban J connectivity index is 1.65. The van der Waals surface area contributed by atoms with Crippen molar-refractivity contribution in [1.29, 1.82) is 0 Å². The Bertz CT molecular complexity index is 1020. The average molecular weight is 505 g/mol. The first-order valence-corrected chi connectivity index (χ1v) is 13.9. The van der Waals surface area contributed by atoms with E-state index in [0.717, 1.165) is 36.8 Å². The van der Waals surface area contributed by atoms with Gasteiger partial charge in [-0.3, -0.25) is 9.59 Å². The van der Waals surface area contributed by atoms with Gasteiger partial charge in [-0.1, -0.05) is 86.3 Å². The molecule has 0 bridgehead atoms. The molecule has 0 aliphatic heterocycles. The number of carbonyl (C=O) groups is 2. The van der Waals surface area contributed by atoms with E-state index in [-0.39, 0.29) is 5.91 Å². The Morgan fingerprint density at radius 3 is 1.41 bits per heavy atom. The van der Waals surface area contributed by atoms with Crippen LogP contribution in [0.5, 0.6) is 0 Å². The van der Waals surface area contributed by atoms with Crippen LogP contribution in [0.3, 0.4) is 0 Å². The Morgan fingerprint density at radius 1 is 0.703 bits per heavy atom. The molecule has 0 spiro atoms. The number of nitrogens with zero attached hydrogens (tertiary/aromatic N) is 1. The van der Waals surface area contributed by atoms with E-state index in [0.29, 0.717) is 51.4 Å². The molecule has 2 aromatic rings. The van der Waals surface area contributed by atoms with Gasteiger partial charge in [-0.05, 0) is 62.5 Å². The molecule has 2 atom stereocenters. The third kappa shape index (κ3) is 5.06. The van der Waals surface area contributed by atoms with Crippen LogP contribution in [0, 0.1) is 5.41 Å². The Kier molecular flexibility index (Phi) is 7.16. The fourth-order valence-corrected chi connectivity index (χ4v) is 6.85. The molecule has 2 aromatic carbocycles. The van der Waals surface area contributed by atoms with Gasteiger partial charge in [-0.25, -0.2) is 0 Å². The fraction of sp³-hybridized carbons (Fsp3) is 0.548. The maximum absolute atomic E-state index is 14.5. The molecule has 0 aromatic heterocycles. The number of carbonyl (C=O) groups excluding carboxylic acids is 2. The molecule has 0 heterocycles. The first-order chi connectivity index (χ1) is 17.8. The number of hydrogen-bond acceptors (Lipinski definition) is 4. The monoisotopic (exact) mass is 504 g/mol. The minimum atomic E-state index is -1.24. The summed E-state index contributed by atoms with van der Waals surface area (Å²) in [7, 11) is 0. The molecule has 37 heavy (non-hydrogen) atoms. The topological polar surface area (TPSA) is 104 Å². The number of amides is 2. The van der Waals surface area contributed by atoms with Crippen molar-refractivity contribution < 1.29 is 19.8 Å². The minimum absolute atomic E-state index is 0.317. The molecule has 6 nitrogen and oxygen atoms in total. The predicted molar refractivity (Wildman–Crippen MR) is 142 cm³/mol. The number of hydrogen-bond donors (Lipinski definition) is 3. The van der Waals surface area contributed by atoms with E-state index in [4.69, 9.17) is 5.73 Å². The largest absolute Gasteiger partial charge is 0.388 e. The Morgan fingerprint density at radius 2 is 1.08 bits per heavy atom. The standard InChI is InChI=1S/C31H40N2O4/c32-27(34)29(19-20-29)28(35)33(25(30(36)15-7-8-16-30)21-23-11-3-1-4-12-23)26(31(37)17-9-10-18-31)22-24-13-5-2-6-14-24/h1-6,11-14,25-26,36-37H,7-10,15-22H2,(H2,32,34). The lowest BCUT2D eigenvalue weighted by atomic mass is 9.79. The van der Waals surface area contributed by atoms with E-state index in [1.807, 2.05) is 60.7 Å². The molecule has 3 fully saturated rings. The van der Waals surface area contributed by atoms with Gasteiger partial charge in [-0.2, -0.15) is 0 Å². The van der Waals surface area contributed by atoms with Crippen LogP contribution in [0.15, 0.2) is 60.7 Å². The molecule has 198 valence electrons. The number of primary amides is 1. The highest BCUT2D eigenvalue weighted by atomic mass is 16.3. The van der Waals surface area contributed by atoms with Gasteiger partial charge in [0, 0.05) is 0 Å². The predicted octanol–water partition coefficient (Wildman–Crippen LogP) is 3.91. The van der Waals surface area contributed by atoms with Gasteiger partial charge in [0.05, 0.1) is 23.3 Å². The highest BCUT2D eigenvalue weighted by Crippen LogP contribution is 2.51. The van der Waals surface area contributed by atoms with Crippen LogP contribution in [-0.2, 0) is 22.4 Å². The fourth-order valence-electron chi connectivity index (χ4n) is 6.85. The zero-order valence-electron chi connectivity index (χ0n) is 21.6. The summed E-state index contributed by atoms with van der Waals surface area (Å²) in [5.41, 5.74) is 4.45. The summed E-state index contributed by atoms with van der Waals surface area (Å²) < 4.78 is 0. The molecular formula is C31H40N2O4. The molecule has 6 heteroatoms. The zero-order valence-corrected chi connectivity index (χ0v) is 21.6. The SMILES string of the molecule is NC(=O)C1(C(=O)N(C(Cc2ccccc2)C2(O)CCCC2)C(Cc2ccccc2)C2(O)CCCC2)CC1. The number of aliphatic hydroxyl groups is 2. The molecule has 2 unspecified atom stereocenters. The van der Waals surface area contributed by atoms with Crippen LogP contribution >= 0.6 is 0 Å². The van der Waals surface area contributed by atoms with Crippen molar-refractivity contribution in [3.63, 3.8) is 0 Å². The first-order valence-electron chi connectivity index (χ1n) is 13.9. The lowest BCUT2D eigenvalue weighted by Crippen LogP contribution is -2.66. The van der Waals surface area contributed by atoms with E-state index < -0.39 is 34.6 Å². The second-order valence-electron chi connectivity index (χ2n) is 11.7. The Hall–Kier alpha value is -2.70. The van der Waals surface area contributed by atoms with Crippen LogP contribution in [0.4, 0.5) is 0 Å². The van der Waals surface area contributed by atoms with Crippen molar-refractivity contribution in [1.82, 2.24) is 4.90 Å². The molecule has 0 saturated heterocycles. The van der Waals surface area contributed by atoms with Crippen LogP contribution in [-0.4, -0.2) is 50.2 Å². The summed E-state index contributed by atoms with van der Waals surface area (Å²) in [5, 5.41) is 24.2. The average Bonchev–Trinajstić information content (AvgIpc) is 3.42. The highest BCUT2D eigenvalue weighted by Gasteiger charge is 2.62. The number of benzene rings is 2. The van der Waals surface area contributed by atoms with Gasteiger partial charge < -0.3 is 20.8 Å². The van der Waals surface area contributed by atoms with E-state index in [2.05, 4.69) is 0 Å². The lowest BCUT2D eigenvalue weighted by molar-refractivity contribution is -0.164. The summed E-state index contributed by atoms with van der Waals surface area (Å²) in [4.78, 5) is 28.9. The molecule has 3 saturated carbocycles. The maximum Gasteiger partial charge on any atom is 0.238 e. The van der Waals surface area contributed by atoms with Crippen LogP contribution in [0.1, 0.15) is 75.3 Å². The van der Waals surface area contributed by atoms with E-state index in [1.165, 1.54) is 0 Å². The van der Waals surface area contributed by atoms with Crippen molar-refractivity contribution in [2.24, 2.45) is 11.1 Å². The number of rotatable bonds is 10. The molecule has 0 radical (unpaired) electrons. The van der Waals surface area contributed by atoms with Gasteiger partial charge in [0.15, 0.2) is 0 Å². The first kappa shape index (κ1) is 25.9. The summed E-state index contributed by atoms with van der Waals surface area (Å²) in [6.45, 7) is 0. The smallest absolute Gasteiger partial charge is 0.238 e. The summed E-state index contributed by atoms with van der Waals surface area (Å²) >= 11 is 0. The molecule has 3 aliphatic carbocycles. The molecule has 2 amide bonds. The van der Waals surface area contributed by atoms with Crippen molar-refractivity contribution >= 4 is 11.8 Å². The number of nitrogens with two attached hydrogens (primary N) is 1. The van der Waals surface area contributed by atoms with E-state index >= 15 is 0 Å². The third-order valence-corrected chi connectivity index (χ3v) is 9.26. The van der Waals surface area contributed by atoms with Gasteiger partial charge in [0.25, 0.3) is 0 Å². The van der Waals surface area contributed by atoms with Crippen LogP contribution in [0.25, 0.3) is 0 Å². The summed E-state index contributed by atoms with van der Waals surface area (Å²) in [6, 6.07) is 18.7. The molecule has 4 N–H and O–H groups in total. The van der Waals surface area contributed by atoms with Gasteiger partial charge in [0.1, 0.15) is 5.41 Å². The van der Waals surface area contributed by atoms with Crippen molar-refractivity contribution in [3.8, 4) is 0 Å². The molecule has 3 aliphatic rings. The molecule has 5 rings (SSSR count). The second kappa shape index (κ2) is 10.2. The van der Waals surface area contributed by atoms with Gasteiger partial charge >= 0.3 is 0 Å². The van der Waals surface area contributed by atoms with Crippen molar-refractivity contribution in [2.75, 3.05) is 0 Å². The van der Waals surface area contributed by atoms with Crippen molar-refractivity contribution in [2.45, 2.75) is 100 Å². The molecular weight excluding hydrogens is 464 g/mol. The van der Waals surface area contributed by atoms with Crippen LogP contribution in [0.2, 0.25) is 0 Å². The van der Waals surface area contributed by atoms with Gasteiger partial charge in [0.2, 0.25) is 11.8 Å².